The summed E-state index contributed by atoms with van der Waals surface area (Å²) in [5, 5.41) is 0. The van der Waals surface area contributed by atoms with Crippen LogP contribution in [0.3, 0.4) is 0 Å². The Morgan fingerprint density at radius 3 is 2.75 bits per heavy atom. The molecule has 0 bridgehead atoms. The molecule has 3 nitrogen and oxygen atoms in total. The highest BCUT2D eigenvalue weighted by molar-refractivity contribution is 4.92. The number of nitrogens with two attached hydrogens (primary N) is 1. The molecule has 1 rings (SSSR count). The summed E-state index contributed by atoms with van der Waals surface area (Å²) < 4.78 is 5.25. The predicted octanol–water partition coefficient (Wildman–Crippen LogP) is 0.268. The summed E-state index contributed by atoms with van der Waals surface area (Å²) in [7, 11) is 0. The van der Waals surface area contributed by atoms with Crippen LogP contribution in [0.15, 0.2) is 0 Å². The molecule has 12 heavy (non-hydrogen) atoms. The standard InChI is InChI=1S/C9H16N2O/c1-2-3-9(11-10)8-4-6-12-7-5-8/h1,8-9,11H,3-7,10H2. The molecule has 1 fully saturated rings. The zero-order valence-corrected chi connectivity index (χ0v) is 7.25. The molecule has 1 aliphatic rings. The molecular formula is C9H16N2O. The molecule has 3 N–H and O–H groups in total. The van der Waals surface area contributed by atoms with Crippen LogP contribution in [0.25, 0.3) is 0 Å². The molecule has 0 radical (unpaired) electrons. The molecule has 0 aromatic heterocycles. The van der Waals surface area contributed by atoms with Gasteiger partial charge in [0.1, 0.15) is 0 Å². The third-order valence-corrected chi connectivity index (χ3v) is 2.39. The molecule has 0 aromatic carbocycles. The number of rotatable bonds is 3. The highest BCUT2D eigenvalue weighted by atomic mass is 16.5. The van der Waals surface area contributed by atoms with Gasteiger partial charge in [-0.05, 0) is 18.8 Å². The number of ether oxygens (including phenoxy) is 1. The van der Waals surface area contributed by atoms with Crippen LogP contribution in [0.5, 0.6) is 0 Å². The third kappa shape index (κ3) is 2.49. The normalized spacial score (nSPS) is 21.7. The van der Waals surface area contributed by atoms with Crippen molar-refractivity contribution in [2.75, 3.05) is 13.2 Å². The Bertz CT molecular complexity index is 158. The van der Waals surface area contributed by atoms with Crippen LogP contribution >= 0.6 is 0 Å². The lowest BCUT2D eigenvalue weighted by Gasteiger charge is -2.28. The van der Waals surface area contributed by atoms with Gasteiger partial charge in [-0.25, -0.2) is 0 Å². The van der Waals surface area contributed by atoms with E-state index in [-0.39, 0.29) is 6.04 Å². The molecule has 1 unspecified atom stereocenters. The highest BCUT2D eigenvalue weighted by Crippen LogP contribution is 2.19. The van der Waals surface area contributed by atoms with E-state index in [2.05, 4.69) is 11.3 Å². The van der Waals surface area contributed by atoms with Gasteiger partial charge in [0.2, 0.25) is 0 Å². The summed E-state index contributed by atoms with van der Waals surface area (Å²) >= 11 is 0. The maximum atomic E-state index is 5.40. The Labute approximate surface area is 73.6 Å². The molecule has 68 valence electrons. The lowest BCUT2D eigenvalue weighted by molar-refractivity contribution is 0.0544. The van der Waals surface area contributed by atoms with Crippen molar-refractivity contribution < 1.29 is 4.74 Å². The second-order valence-corrected chi connectivity index (χ2v) is 3.13. The number of hydrogen-bond donors (Lipinski definition) is 2. The maximum Gasteiger partial charge on any atom is 0.0469 e. The van der Waals surface area contributed by atoms with E-state index in [1.807, 2.05) is 0 Å². The van der Waals surface area contributed by atoms with Gasteiger partial charge in [0.15, 0.2) is 0 Å². The second kappa shape index (κ2) is 5.15. The first-order valence-electron chi connectivity index (χ1n) is 4.36. The van der Waals surface area contributed by atoms with Crippen molar-refractivity contribution in [1.29, 1.82) is 0 Å². The van der Waals surface area contributed by atoms with Crippen molar-refractivity contribution in [3.8, 4) is 12.3 Å². The van der Waals surface area contributed by atoms with Crippen molar-refractivity contribution in [3.63, 3.8) is 0 Å². The van der Waals surface area contributed by atoms with Crippen LogP contribution < -0.4 is 11.3 Å². The fraction of sp³-hybridized carbons (Fsp3) is 0.778. The zero-order valence-electron chi connectivity index (χ0n) is 7.25. The minimum absolute atomic E-state index is 0.263. The first-order valence-corrected chi connectivity index (χ1v) is 4.36. The molecule has 1 atom stereocenters. The van der Waals surface area contributed by atoms with Crippen molar-refractivity contribution in [3.05, 3.63) is 0 Å². The molecule has 1 heterocycles. The lowest BCUT2D eigenvalue weighted by atomic mass is 9.90. The molecule has 0 saturated carbocycles. The van der Waals surface area contributed by atoms with E-state index in [1.165, 1.54) is 0 Å². The Kier molecular flexibility index (Phi) is 4.09. The third-order valence-electron chi connectivity index (χ3n) is 2.39. The van der Waals surface area contributed by atoms with Crippen molar-refractivity contribution in [2.45, 2.75) is 25.3 Å². The summed E-state index contributed by atoms with van der Waals surface area (Å²) in [6.07, 6.45) is 8.08. The number of nitrogens with one attached hydrogen (secondary N) is 1. The molecule has 1 aliphatic heterocycles. The lowest BCUT2D eigenvalue weighted by Crippen LogP contribution is -2.42. The minimum Gasteiger partial charge on any atom is -0.381 e. The Hall–Kier alpha value is -0.560. The van der Waals surface area contributed by atoms with Gasteiger partial charge in [0.05, 0.1) is 0 Å². The van der Waals surface area contributed by atoms with Crippen LogP contribution in [0, 0.1) is 18.3 Å². The number of hydrazine groups is 1. The van der Waals surface area contributed by atoms with Crippen molar-refractivity contribution in [1.82, 2.24) is 5.43 Å². The quantitative estimate of drug-likeness (QED) is 0.361. The number of terminal acetylenes is 1. The molecular weight excluding hydrogens is 152 g/mol. The Morgan fingerprint density at radius 1 is 1.58 bits per heavy atom. The molecule has 0 aliphatic carbocycles. The highest BCUT2D eigenvalue weighted by Gasteiger charge is 2.21. The van der Waals surface area contributed by atoms with Crippen LogP contribution in [0.1, 0.15) is 19.3 Å². The van der Waals surface area contributed by atoms with Crippen molar-refractivity contribution >= 4 is 0 Å². The van der Waals surface area contributed by atoms with Gasteiger partial charge in [-0.1, -0.05) is 0 Å². The van der Waals surface area contributed by atoms with E-state index >= 15 is 0 Å². The average molecular weight is 168 g/mol. The smallest absolute Gasteiger partial charge is 0.0469 e. The maximum absolute atomic E-state index is 5.40. The molecule has 1 saturated heterocycles. The molecule has 0 spiro atoms. The minimum atomic E-state index is 0.263. The van der Waals surface area contributed by atoms with Gasteiger partial charge in [-0.2, -0.15) is 0 Å². The zero-order chi connectivity index (χ0) is 8.81. The van der Waals surface area contributed by atoms with Gasteiger partial charge in [0.25, 0.3) is 0 Å². The van der Waals surface area contributed by atoms with E-state index in [1.54, 1.807) is 0 Å². The molecule has 0 amide bonds. The summed E-state index contributed by atoms with van der Waals surface area (Å²) in [5.74, 6) is 8.62. The second-order valence-electron chi connectivity index (χ2n) is 3.13. The SMILES string of the molecule is C#CCC(NN)C1CCOCC1. The molecule has 3 heteroatoms. The van der Waals surface area contributed by atoms with E-state index in [0.29, 0.717) is 12.3 Å². The predicted molar refractivity (Wildman–Crippen MR) is 48.1 cm³/mol. The first kappa shape index (κ1) is 9.53. The van der Waals surface area contributed by atoms with Gasteiger partial charge >= 0.3 is 0 Å². The van der Waals surface area contributed by atoms with Crippen LogP contribution in [0.2, 0.25) is 0 Å². The largest absolute Gasteiger partial charge is 0.381 e. The first-order chi connectivity index (χ1) is 5.88. The Balaban J connectivity index is 2.36. The van der Waals surface area contributed by atoms with E-state index < -0.39 is 0 Å². The van der Waals surface area contributed by atoms with Gasteiger partial charge in [-0.3, -0.25) is 11.3 Å². The van der Waals surface area contributed by atoms with Gasteiger partial charge in [0, 0.05) is 25.7 Å². The summed E-state index contributed by atoms with van der Waals surface area (Å²) in [4.78, 5) is 0. The van der Waals surface area contributed by atoms with Crippen molar-refractivity contribution in [2.24, 2.45) is 11.8 Å². The fourth-order valence-electron chi connectivity index (χ4n) is 1.61. The van der Waals surface area contributed by atoms with Crippen LogP contribution in [-0.4, -0.2) is 19.3 Å². The van der Waals surface area contributed by atoms with Crippen LogP contribution in [0.4, 0.5) is 0 Å². The van der Waals surface area contributed by atoms with Gasteiger partial charge in [-0.15, -0.1) is 12.3 Å². The van der Waals surface area contributed by atoms with Crippen LogP contribution in [-0.2, 0) is 4.74 Å². The van der Waals surface area contributed by atoms with Gasteiger partial charge < -0.3 is 4.74 Å². The van der Waals surface area contributed by atoms with E-state index in [9.17, 15) is 0 Å². The fourth-order valence-corrected chi connectivity index (χ4v) is 1.61. The van der Waals surface area contributed by atoms with E-state index in [0.717, 1.165) is 26.1 Å². The number of hydrogen-bond acceptors (Lipinski definition) is 3. The summed E-state index contributed by atoms with van der Waals surface area (Å²) in [5.41, 5.74) is 2.77. The Morgan fingerprint density at radius 2 is 2.25 bits per heavy atom. The van der Waals surface area contributed by atoms with E-state index in [4.69, 9.17) is 17.0 Å². The summed E-state index contributed by atoms with van der Waals surface area (Å²) in [6, 6.07) is 0.263. The molecule has 0 aromatic rings. The topological polar surface area (TPSA) is 47.3 Å². The summed E-state index contributed by atoms with van der Waals surface area (Å²) in [6.45, 7) is 1.68. The average Bonchev–Trinajstić information content (AvgIpc) is 2.15. The monoisotopic (exact) mass is 168 g/mol.